The molecule has 0 aromatic rings. The van der Waals surface area contributed by atoms with Crippen LogP contribution in [0.15, 0.2) is 0 Å². The summed E-state index contributed by atoms with van der Waals surface area (Å²) in [4.78, 5) is 10.3. The first kappa shape index (κ1) is 9.23. The summed E-state index contributed by atoms with van der Waals surface area (Å²) in [7, 11) is 0. The second kappa shape index (κ2) is 5.05. The van der Waals surface area contributed by atoms with Gasteiger partial charge in [0.2, 0.25) is 0 Å². The van der Waals surface area contributed by atoms with Crippen molar-refractivity contribution in [2.75, 3.05) is 6.54 Å². The van der Waals surface area contributed by atoms with Gasteiger partial charge in [-0.3, -0.25) is 0 Å². The van der Waals surface area contributed by atoms with Gasteiger partial charge in [0.05, 0.1) is 0 Å². The number of carbonyl (C=O) groups excluding carboxylic acids is 1. The summed E-state index contributed by atoms with van der Waals surface area (Å²) in [5, 5.41) is 2.59. The number of carbonyl (C=O) groups is 1. The minimum absolute atomic E-state index is 0.141. The molecule has 10 heavy (non-hydrogen) atoms. The highest BCUT2D eigenvalue weighted by atomic mass is 16.2. The molecule has 0 rings (SSSR count). The molecule has 0 aromatic carbocycles. The normalized spacial score (nSPS) is 12.6. The molecule has 0 bridgehead atoms. The number of urea groups is 1. The van der Waals surface area contributed by atoms with Crippen LogP contribution in [0.5, 0.6) is 0 Å². The molecule has 0 fully saturated rings. The highest BCUT2D eigenvalue weighted by Crippen LogP contribution is 1.93. The van der Waals surface area contributed by atoms with Crippen LogP contribution in [0.3, 0.4) is 0 Å². The average Bonchev–Trinajstić information content (AvgIpc) is 1.86. The number of amides is 2. The van der Waals surface area contributed by atoms with Crippen LogP contribution in [0.2, 0.25) is 0 Å². The molecule has 1 unspecified atom stereocenters. The van der Waals surface area contributed by atoms with E-state index in [-0.39, 0.29) is 6.04 Å². The first-order chi connectivity index (χ1) is 4.70. The molecule has 0 heterocycles. The molecule has 1 atom stereocenters. The fourth-order valence-electron chi connectivity index (χ4n) is 0.781. The maximum Gasteiger partial charge on any atom is 0.312 e. The van der Waals surface area contributed by atoms with Crippen LogP contribution in [-0.4, -0.2) is 18.6 Å². The van der Waals surface area contributed by atoms with Gasteiger partial charge in [-0.15, -0.1) is 0 Å². The van der Waals surface area contributed by atoms with Crippen LogP contribution in [-0.2, 0) is 0 Å². The molecular weight excluding hydrogens is 130 g/mol. The Hall–Kier alpha value is -0.770. The van der Waals surface area contributed by atoms with Gasteiger partial charge in [0.1, 0.15) is 0 Å². The molecule has 0 aromatic heterocycles. The molecule has 0 aliphatic rings. The molecular formula is C6H15N3O. The standard InChI is InChI=1S/C6H15N3O/c1-2-5(3-4-7)9-6(8)10/h5H,2-4,7H2,1H3,(H3,8,9,10). The summed E-state index contributed by atoms with van der Waals surface area (Å²) < 4.78 is 0. The molecule has 2 amide bonds. The van der Waals surface area contributed by atoms with E-state index < -0.39 is 6.03 Å². The number of primary amides is 1. The van der Waals surface area contributed by atoms with E-state index >= 15 is 0 Å². The maximum absolute atomic E-state index is 10.3. The van der Waals surface area contributed by atoms with E-state index in [9.17, 15) is 4.79 Å². The van der Waals surface area contributed by atoms with Crippen LogP contribution in [0.4, 0.5) is 4.79 Å². The Morgan fingerprint density at radius 3 is 2.60 bits per heavy atom. The lowest BCUT2D eigenvalue weighted by Crippen LogP contribution is -2.39. The summed E-state index contributed by atoms with van der Waals surface area (Å²) in [6.07, 6.45) is 1.67. The largest absolute Gasteiger partial charge is 0.352 e. The van der Waals surface area contributed by atoms with Crippen LogP contribution in [0.25, 0.3) is 0 Å². The number of hydrogen-bond donors (Lipinski definition) is 3. The van der Waals surface area contributed by atoms with E-state index in [1.54, 1.807) is 0 Å². The molecule has 0 saturated carbocycles. The van der Waals surface area contributed by atoms with E-state index in [1.807, 2.05) is 6.92 Å². The van der Waals surface area contributed by atoms with Crippen molar-refractivity contribution in [1.82, 2.24) is 5.32 Å². The fraction of sp³-hybridized carbons (Fsp3) is 0.833. The van der Waals surface area contributed by atoms with Gasteiger partial charge in [-0.25, -0.2) is 4.79 Å². The molecule has 4 nitrogen and oxygen atoms in total. The molecule has 0 radical (unpaired) electrons. The Morgan fingerprint density at radius 2 is 2.30 bits per heavy atom. The van der Waals surface area contributed by atoms with Crippen LogP contribution >= 0.6 is 0 Å². The van der Waals surface area contributed by atoms with Crippen molar-refractivity contribution in [3.05, 3.63) is 0 Å². The third kappa shape index (κ3) is 4.14. The lowest BCUT2D eigenvalue weighted by Gasteiger charge is -2.13. The molecule has 0 saturated heterocycles. The number of nitrogens with one attached hydrogen (secondary N) is 1. The van der Waals surface area contributed by atoms with Crippen LogP contribution < -0.4 is 16.8 Å². The summed E-state index contributed by atoms with van der Waals surface area (Å²) in [5.41, 5.74) is 10.2. The summed E-state index contributed by atoms with van der Waals surface area (Å²) in [5.74, 6) is 0. The summed E-state index contributed by atoms with van der Waals surface area (Å²) >= 11 is 0. The van der Waals surface area contributed by atoms with E-state index in [2.05, 4.69) is 5.32 Å². The summed E-state index contributed by atoms with van der Waals surface area (Å²) in [6.45, 7) is 2.56. The second-order valence-electron chi connectivity index (χ2n) is 2.19. The first-order valence-electron chi connectivity index (χ1n) is 3.46. The van der Waals surface area contributed by atoms with Gasteiger partial charge in [-0.05, 0) is 19.4 Å². The highest BCUT2D eigenvalue weighted by molar-refractivity contribution is 5.71. The van der Waals surface area contributed by atoms with Crippen LogP contribution in [0, 0.1) is 0 Å². The highest BCUT2D eigenvalue weighted by Gasteiger charge is 2.04. The minimum atomic E-state index is -0.472. The molecule has 0 aliphatic heterocycles. The lowest BCUT2D eigenvalue weighted by molar-refractivity contribution is 0.244. The van der Waals surface area contributed by atoms with Crippen molar-refractivity contribution < 1.29 is 4.79 Å². The van der Waals surface area contributed by atoms with E-state index in [0.717, 1.165) is 12.8 Å². The fourth-order valence-corrected chi connectivity index (χ4v) is 0.781. The van der Waals surface area contributed by atoms with Gasteiger partial charge < -0.3 is 16.8 Å². The SMILES string of the molecule is CCC(CCN)NC(N)=O. The quantitative estimate of drug-likeness (QED) is 0.511. The predicted molar refractivity (Wildman–Crippen MR) is 40.5 cm³/mol. The monoisotopic (exact) mass is 145 g/mol. The van der Waals surface area contributed by atoms with Crippen molar-refractivity contribution in [3.8, 4) is 0 Å². The first-order valence-corrected chi connectivity index (χ1v) is 3.46. The van der Waals surface area contributed by atoms with Crippen molar-refractivity contribution >= 4 is 6.03 Å². The Morgan fingerprint density at radius 1 is 1.70 bits per heavy atom. The zero-order chi connectivity index (χ0) is 7.98. The van der Waals surface area contributed by atoms with Gasteiger partial charge >= 0.3 is 6.03 Å². The third-order valence-electron chi connectivity index (χ3n) is 1.35. The third-order valence-corrected chi connectivity index (χ3v) is 1.35. The molecule has 60 valence electrons. The Kier molecular flexibility index (Phi) is 4.66. The molecule has 0 aliphatic carbocycles. The zero-order valence-corrected chi connectivity index (χ0v) is 6.26. The van der Waals surface area contributed by atoms with Crippen molar-refractivity contribution in [2.24, 2.45) is 11.5 Å². The van der Waals surface area contributed by atoms with Crippen molar-refractivity contribution in [1.29, 1.82) is 0 Å². The topological polar surface area (TPSA) is 81.1 Å². The Balaban J connectivity index is 3.49. The van der Waals surface area contributed by atoms with Gasteiger partial charge in [0.15, 0.2) is 0 Å². The predicted octanol–water partition coefficient (Wildman–Crippen LogP) is -0.218. The van der Waals surface area contributed by atoms with Gasteiger partial charge in [-0.1, -0.05) is 6.92 Å². The number of nitrogens with two attached hydrogens (primary N) is 2. The second-order valence-corrected chi connectivity index (χ2v) is 2.19. The van der Waals surface area contributed by atoms with Crippen LogP contribution in [0.1, 0.15) is 19.8 Å². The van der Waals surface area contributed by atoms with Crippen molar-refractivity contribution in [2.45, 2.75) is 25.8 Å². The number of hydrogen-bond acceptors (Lipinski definition) is 2. The lowest BCUT2D eigenvalue weighted by atomic mass is 10.1. The van der Waals surface area contributed by atoms with Gasteiger partial charge in [0, 0.05) is 6.04 Å². The minimum Gasteiger partial charge on any atom is -0.352 e. The average molecular weight is 145 g/mol. The molecule has 5 N–H and O–H groups in total. The van der Waals surface area contributed by atoms with Gasteiger partial charge in [0.25, 0.3) is 0 Å². The maximum atomic E-state index is 10.3. The number of rotatable bonds is 4. The molecule has 0 spiro atoms. The van der Waals surface area contributed by atoms with E-state index in [1.165, 1.54) is 0 Å². The van der Waals surface area contributed by atoms with Gasteiger partial charge in [-0.2, -0.15) is 0 Å². The van der Waals surface area contributed by atoms with E-state index in [4.69, 9.17) is 11.5 Å². The Bertz CT molecular complexity index is 105. The zero-order valence-electron chi connectivity index (χ0n) is 6.26. The molecule has 4 heteroatoms. The Labute approximate surface area is 61.0 Å². The van der Waals surface area contributed by atoms with E-state index in [0.29, 0.717) is 6.54 Å². The smallest absolute Gasteiger partial charge is 0.312 e. The summed E-state index contributed by atoms with van der Waals surface area (Å²) in [6, 6.07) is -0.331. The van der Waals surface area contributed by atoms with Crippen molar-refractivity contribution in [3.63, 3.8) is 0 Å².